The summed E-state index contributed by atoms with van der Waals surface area (Å²) < 4.78 is 10.9. The lowest BCUT2D eigenvalue weighted by Gasteiger charge is -2.11. The molecule has 2 rings (SSSR count). The highest BCUT2D eigenvalue weighted by atomic mass is 16.5. The van der Waals surface area contributed by atoms with Crippen LogP contribution in [-0.2, 0) is 11.2 Å². The molecule has 1 saturated carbocycles. The van der Waals surface area contributed by atoms with Crippen molar-refractivity contribution in [1.82, 2.24) is 10.6 Å². The van der Waals surface area contributed by atoms with E-state index in [1.807, 2.05) is 12.1 Å². The minimum absolute atomic E-state index is 0.810. The van der Waals surface area contributed by atoms with Gasteiger partial charge in [0.15, 0.2) is 5.96 Å². The van der Waals surface area contributed by atoms with Crippen molar-refractivity contribution in [3.8, 4) is 5.75 Å². The lowest BCUT2D eigenvalue weighted by molar-refractivity contribution is 0.123. The van der Waals surface area contributed by atoms with E-state index in [1.165, 1.54) is 18.4 Å². The van der Waals surface area contributed by atoms with Gasteiger partial charge in [-0.25, -0.2) is 0 Å². The van der Waals surface area contributed by atoms with Gasteiger partial charge >= 0.3 is 0 Å². The summed E-state index contributed by atoms with van der Waals surface area (Å²) in [5.41, 5.74) is 1.29. The number of benzene rings is 1. The van der Waals surface area contributed by atoms with E-state index in [-0.39, 0.29) is 0 Å². The molecule has 1 aliphatic rings. The number of nitrogens with zero attached hydrogens (tertiary/aromatic N) is 1. The van der Waals surface area contributed by atoms with E-state index in [0.717, 1.165) is 69.7 Å². The molecule has 1 aromatic carbocycles. The molecular formula is C20H33N3O2. The van der Waals surface area contributed by atoms with Crippen molar-refractivity contribution in [3.63, 3.8) is 0 Å². The third kappa shape index (κ3) is 8.77. The van der Waals surface area contributed by atoms with Crippen molar-refractivity contribution in [2.45, 2.75) is 39.0 Å². The van der Waals surface area contributed by atoms with Crippen LogP contribution >= 0.6 is 0 Å². The SMILES string of the molecule is CCNC(=NCCCc1cccc(OC)c1)NCCCOCC1CC1. The molecule has 0 aromatic heterocycles. The molecule has 0 aliphatic heterocycles. The van der Waals surface area contributed by atoms with E-state index >= 15 is 0 Å². The first-order valence-electron chi connectivity index (χ1n) is 9.54. The molecule has 1 aliphatic carbocycles. The minimum Gasteiger partial charge on any atom is -0.497 e. The van der Waals surface area contributed by atoms with Gasteiger partial charge in [-0.15, -0.1) is 0 Å². The van der Waals surface area contributed by atoms with Gasteiger partial charge in [-0.2, -0.15) is 0 Å². The summed E-state index contributed by atoms with van der Waals surface area (Å²) >= 11 is 0. The molecule has 0 radical (unpaired) electrons. The quantitative estimate of drug-likeness (QED) is 0.347. The van der Waals surface area contributed by atoms with Crippen LogP contribution in [0.2, 0.25) is 0 Å². The van der Waals surface area contributed by atoms with Crippen molar-refractivity contribution in [2.24, 2.45) is 10.9 Å². The normalized spacial score (nSPS) is 14.4. The second kappa shape index (κ2) is 11.7. The predicted molar refractivity (Wildman–Crippen MR) is 103 cm³/mol. The minimum atomic E-state index is 0.810. The molecule has 0 bridgehead atoms. The lowest BCUT2D eigenvalue weighted by Crippen LogP contribution is -2.38. The van der Waals surface area contributed by atoms with Crippen molar-refractivity contribution in [3.05, 3.63) is 29.8 Å². The Kier molecular flexibility index (Phi) is 9.19. The Bertz CT molecular complexity index is 515. The zero-order valence-electron chi connectivity index (χ0n) is 15.7. The zero-order chi connectivity index (χ0) is 17.7. The number of hydrogen-bond acceptors (Lipinski definition) is 3. The number of nitrogens with one attached hydrogen (secondary N) is 2. The zero-order valence-corrected chi connectivity index (χ0v) is 15.7. The summed E-state index contributed by atoms with van der Waals surface area (Å²) in [5, 5.41) is 6.68. The maximum absolute atomic E-state index is 5.66. The molecule has 1 fully saturated rings. The first-order chi connectivity index (χ1) is 12.3. The highest BCUT2D eigenvalue weighted by Gasteiger charge is 2.20. The van der Waals surface area contributed by atoms with Gasteiger partial charge in [-0.3, -0.25) is 4.99 Å². The van der Waals surface area contributed by atoms with E-state index in [1.54, 1.807) is 7.11 Å². The van der Waals surface area contributed by atoms with E-state index in [2.05, 4.69) is 34.7 Å². The Labute approximate surface area is 152 Å². The molecule has 0 heterocycles. The van der Waals surface area contributed by atoms with Crippen LogP contribution in [0.4, 0.5) is 0 Å². The van der Waals surface area contributed by atoms with Gasteiger partial charge in [0, 0.05) is 32.8 Å². The number of aryl methyl sites for hydroxylation is 1. The standard InChI is InChI=1S/C20H33N3O2/c1-3-21-20(23-13-6-14-25-16-18-10-11-18)22-12-5-8-17-7-4-9-19(15-17)24-2/h4,7,9,15,18H,3,5-6,8,10-14,16H2,1-2H3,(H2,21,22,23). The highest BCUT2D eigenvalue weighted by molar-refractivity contribution is 5.79. The van der Waals surface area contributed by atoms with Crippen LogP contribution in [0.1, 0.15) is 38.2 Å². The lowest BCUT2D eigenvalue weighted by atomic mass is 10.1. The highest BCUT2D eigenvalue weighted by Crippen LogP contribution is 2.28. The molecule has 0 spiro atoms. The summed E-state index contributed by atoms with van der Waals surface area (Å²) in [6.45, 7) is 6.44. The summed E-state index contributed by atoms with van der Waals surface area (Å²) in [5.74, 6) is 2.66. The monoisotopic (exact) mass is 347 g/mol. The van der Waals surface area contributed by atoms with Crippen molar-refractivity contribution >= 4 is 5.96 Å². The Morgan fingerprint density at radius 1 is 1.24 bits per heavy atom. The number of ether oxygens (including phenoxy) is 2. The maximum atomic E-state index is 5.66. The van der Waals surface area contributed by atoms with Crippen LogP contribution in [-0.4, -0.2) is 45.9 Å². The fraction of sp³-hybridized carbons (Fsp3) is 0.650. The van der Waals surface area contributed by atoms with Gasteiger partial charge in [-0.05, 0) is 62.6 Å². The van der Waals surface area contributed by atoms with Gasteiger partial charge in [0.05, 0.1) is 7.11 Å². The van der Waals surface area contributed by atoms with Crippen LogP contribution in [0.5, 0.6) is 5.75 Å². The number of hydrogen-bond donors (Lipinski definition) is 2. The second-order valence-corrected chi connectivity index (χ2v) is 6.51. The Morgan fingerprint density at radius 2 is 2.12 bits per heavy atom. The van der Waals surface area contributed by atoms with Crippen LogP contribution in [0.15, 0.2) is 29.3 Å². The van der Waals surface area contributed by atoms with Crippen LogP contribution in [0.25, 0.3) is 0 Å². The average Bonchev–Trinajstić information content (AvgIpc) is 3.46. The van der Waals surface area contributed by atoms with Gasteiger partial charge in [0.1, 0.15) is 5.75 Å². The fourth-order valence-electron chi connectivity index (χ4n) is 2.56. The smallest absolute Gasteiger partial charge is 0.191 e. The number of rotatable bonds is 12. The third-order valence-electron chi connectivity index (χ3n) is 4.18. The van der Waals surface area contributed by atoms with Gasteiger partial charge < -0.3 is 20.1 Å². The van der Waals surface area contributed by atoms with E-state index in [0.29, 0.717) is 0 Å². The molecule has 5 heteroatoms. The molecule has 25 heavy (non-hydrogen) atoms. The third-order valence-corrected chi connectivity index (χ3v) is 4.18. The fourth-order valence-corrected chi connectivity index (χ4v) is 2.56. The largest absolute Gasteiger partial charge is 0.497 e. The van der Waals surface area contributed by atoms with Crippen molar-refractivity contribution in [1.29, 1.82) is 0 Å². The topological polar surface area (TPSA) is 54.9 Å². The first-order valence-corrected chi connectivity index (χ1v) is 9.54. The van der Waals surface area contributed by atoms with Crippen LogP contribution < -0.4 is 15.4 Å². The summed E-state index contributed by atoms with van der Waals surface area (Å²) in [4.78, 5) is 4.65. The van der Waals surface area contributed by atoms with Crippen molar-refractivity contribution < 1.29 is 9.47 Å². The number of guanidine groups is 1. The number of aliphatic imine (C=N–C) groups is 1. The van der Waals surface area contributed by atoms with Crippen LogP contribution in [0, 0.1) is 5.92 Å². The second-order valence-electron chi connectivity index (χ2n) is 6.51. The molecule has 1 aromatic rings. The van der Waals surface area contributed by atoms with Crippen molar-refractivity contribution in [2.75, 3.05) is 40.0 Å². The van der Waals surface area contributed by atoms with Gasteiger partial charge in [0.2, 0.25) is 0 Å². The van der Waals surface area contributed by atoms with E-state index in [4.69, 9.17) is 9.47 Å². The molecule has 140 valence electrons. The first kappa shape index (κ1) is 19.6. The number of methoxy groups -OCH3 is 1. The summed E-state index contributed by atoms with van der Waals surface area (Å²) in [7, 11) is 1.70. The molecule has 0 unspecified atom stereocenters. The van der Waals surface area contributed by atoms with E-state index in [9.17, 15) is 0 Å². The molecule has 0 atom stereocenters. The van der Waals surface area contributed by atoms with E-state index < -0.39 is 0 Å². The predicted octanol–water partition coefficient (Wildman–Crippen LogP) is 3.00. The molecule has 0 amide bonds. The van der Waals surface area contributed by atoms with Crippen LogP contribution in [0.3, 0.4) is 0 Å². The van der Waals surface area contributed by atoms with Gasteiger partial charge in [0.25, 0.3) is 0 Å². The average molecular weight is 348 g/mol. The maximum Gasteiger partial charge on any atom is 0.191 e. The molecule has 2 N–H and O–H groups in total. The Balaban J connectivity index is 1.60. The molecular weight excluding hydrogens is 314 g/mol. The van der Waals surface area contributed by atoms with Gasteiger partial charge in [-0.1, -0.05) is 12.1 Å². The molecule has 0 saturated heterocycles. The molecule has 5 nitrogen and oxygen atoms in total. The summed E-state index contributed by atoms with van der Waals surface area (Å²) in [6.07, 6.45) is 5.75. The Morgan fingerprint density at radius 3 is 2.88 bits per heavy atom. The Hall–Kier alpha value is -1.75. The summed E-state index contributed by atoms with van der Waals surface area (Å²) in [6, 6.07) is 8.24.